The molecular formula is C23H38F2O4. The highest BCUT2D eigenvalue weighted by atomic mass is 19.3. The van der Waals surface area contributed by atoms with Crippen molar-refractivity contribution < 1.29 is 28.2 Å². The molecular weight excluding hydrogens is 378 g/mol. The first-order valence-corrected chi connectivity index (χ1v) is 11.1. The summed E-state index contributed by atoms with van der Waals surface area (Å²) in [6.07, 6.45) is 7.38. The minimum atomic E-state index is -3.06. The first-order chi connectivity index (χ1) is 13.7. The normalized spacial score (nSPS) is 20.4. The van der Waals surface area contributed by atoms with Crippen LogP contribution in [-0.2, 0) is 14.3 Å². The van der Waals surface area contributed by atoms with Gasteiger partial charge in [-0.15, -0.1) is 0 Å². The summed E-state index contributed by atoms with van der Waals surface area (Å²) in [5, 5.41) is 9.89. The molecule has 168 valence electrons. The van der Waals surface area contributed by atoms with Crippen LogP contribution in [0.15, 0.2) is 12.2 Å². The molecule has 3 atom stereocenters. The zero-order chi connectivity index (χ0) is 21.9. The number of hydrogen-bond donors (Lipinski definition) is 1. The summed E-state index contributed by atoms with van der Waals surface area (Å²) < 4.78 is 33.0. The van der Waals surface area contributed by atoms with E-state index in [0.717, 1.165) is 32.1 Å². The summed E-state index contributed by atoms with van der Waals surface area (Å²) in [7, 11) is 0. The van der Waals surface area contributed by atoms with Crippen molar-refractivity contribution in [2.45, 2.75) is 110 Å². The first-order valence-electron chi connectivity index (χ1n) is 11.1. The van der Waals surface area contributed by atoms with Crippen LogP contribution in [0.5, 0.6) is 0 Å². The van der Waals surface area contributed by atoms with Gasteiger partial charge in [0, 0.05) is 18.8 Å². The van der Waals surface area contributed by atoms with E-state index in [-0.39, 0.29) is 42.5 Å². The summed E-state index contributed by atoms with van der Waals surface area (Å²) in [6, 6.07) is 0. The third kappa shape index (κ3) is 9.83. The zero-order valence-corrected chi connectivity index (χ0v) is 18.2. The van der Waals surface area contributed by atoms with Gasteiger partial charge in [-0.3, -0.25) is 9.59 Å². The van der Waals surface area contributed by atoms with E-state index in [4.69, 9.17) is 4.74 Å². The highest BCUT2D eigenvalue weighted by molar-refractivity contribution is 5.94. The Morgan fingerprint density at radius 3 is 2.52 bits per heavy atom. The molecule has 0 saturated carbocycles. The Bertz CT molecular complexity index is 531. The Balaban J connectivity index is 2.29. The molecule has 1 rings (SSSR count). The molecule has 0 aliphatic heterocycles. The molecule has 0 aromatic heterocycles. The standard InChI is InChI=1S/C23H38F2O4/c1-4-5-16-23(24,25)21(27)15-13-18-12-14-20(26)19(18)10-8-6-7-9-11-22(28)29-17(2)3/h12,14,17-19,21,27H,4-11,13,15-16H2,1-3H3/t18-,19-,21?/m1/s1. The molecule has 29 heavy (non-hydrogen) atoms. The number of esters is 1. The Morgan fingerprint density at radius 1 is 1.17 bits per heavy atom. The van der Waals surface area contributed by atoms with Crippen molar-refractivity contribution >= 4 is 11.8 Å². The molecule has 0 amide bonds. The number of carbonyl (C=O) groups excluding carboxylic acids is 2. The summed E-state index contributed by atoms with van der Waals surface area (Å²) >= 11 is 0. The third-order valence-electron chi connectivity index (χ3n) is 5.53. The van der Waals surface area contributed by atoms with E-state index < -0.39 is 12.0 Å². The van der Waals surface area contributed by atoms with Gasteiger partial charge in [-0.2, -0.15) is 0 Å². The lowest BCUT2D eigenvalue weighted by Gasteiger charge is -2.25. The lowest BCUT2D eigenvalue weighted by molar-refractivity contribution is -0.147. The van der Waals surface area contributed by atoms with Crippen LogP contribution in [-0.4, -0.2) is 35.0 Å². The van der Waals surface area contributed by atoms with Crippen molar-refractivity contribution in [1.29, 1.82) is 0 Å². The van der Waals surface area contributed by atoms with E-state index in [1.165, 1.54) is 0 Å². The SMILES string of the molecule is CCCCC(F)(F)C(O)CC[C@H]1C=CC(=O)[C@@H]1CCCCCCC(=O)OC(C)C. The van der Waals surface area contributed by atoms with Gasteiger partial charge >= 0.3 is 5.97 Å². The van der Waals surface area contributed by atoms with Gasteiger partial charge in [-0.05, 0) is 57.9 Å². The van der Waals surface area contributed by atoms with E-state index in [9.17, 15) is 23.5 Å². The lowest BCUT2D eigenvalue weighted by atomic mass is 9.85. The van der Waals surface area contributed by atoms with Gasteiger partial charge in [0.05, 0.1) is 6.10 Å². The van der Waals surface area contributed by atoms with Crippen LogP contribution in [0.1, 0.15) is 91.4 Å². The van der Waals surface area contributed by atoms with E-state index in [2.05, 4.69) is 0 Å². The largest absolute Gasteiger partial charge is 0.463 e. The second-order valence-electron chi connectivity index (χ2n) is 8.48. The number of aliphatic hydroxyl groups excluding tert-OH is 1. The fourth-order valence-electron chi connectivity index (χ4n) is 3.79. The van der Waals surface area contributed by atoms with Crippen molar-refractivity contribution in [3.05, 3.63) is 12.2 Å². The van der Waals surface area contributed by atoms with Crippen LogP contribution in [0.2, 0.25) is 0 Å². The fraction of sp³-hybridized carbons (Fsp3) is 0.826. The maximum Gasteiger partial charge on any atom is 0.306 e. The van der Waals surface area contributed by atoms with Gasteiger partial charge in [-0.1, -0.05) is 38.7 Å². The van der Waals surface area contributed by atoms with Crippen molar-refractivity contribution in [2.75, 3.05) is 0 Å². The molecule has 1 aliphatic carbocycles. The van der Waals surface area contributed by atoms with E-state index >= 15 is 0 Å². The first kappa shape index (κ1) is 25.7. The molecule has 0 heterocycles. The number of ether oxygens (including phenoxy) is 1. The maximum absolute atomic E-state index is 13.9. The second kappa shape index (κ2) is 13.1. The number of aliphatic hydroxyl groups is 1. The molecule has 4 nitrogen and oxygen atoms in total. The minimum absolute atomic E-state index is 0.00740. The Labute approximate surface area is 174 Å². The highest BCUT2D eigenvalue weighted by Crippen LogP contribution is 2.34. The van der Waals surface area contributed by atoms with Gasteiger partial charge in [0.15, 0.2) is 5.78 Å². The highest BCUT2D eigenvalue weighted by Gasteiger charge is 2.38. The molecule has 0 saturated heterocycles. The van der Waals surface area contributed by atoms with Gasteiger partial charge < -0.3 is 9.84 Å². The smallest absolute Gasteiger partial charge is 0.306 e. The molecule has 0 spiro atoms. The maximum atomic E-state index is 13.9. The van der Waals surface area contributed by atoms with Crippen LogP contribution < -0.4 is 0 Å². The predicted octanol–water partition coefficient (Wildman–Crippen LogP) is 5.62. The number of unbranched alkanes of at least 4 members (excludes halogenated alkanes) is 4. The van der Waals surface area contributed by atoms with Crippen molar-refractivity contribution in [3.8, 4) is 0 Å². The number of carbonyl (C=O) groups is 2. The predicted molar refractivity (Wildman–Crippen MR) is 110 cm³/mol. The average molecular weight is 417 g/mol. The van der Waals surface area contributed by atoms with Gasteiger partial charge in [0.25, 0.3) is 5.92 Å². The minimum Gasteiger partial charge on any atom is -0.463 e. The number of alkyl halides is 2. The monoisotopic (exact) mass is 416 g/mol. The lowest BCUT2D eigenvalue weighted by Crippen LogP contribution is -2.34. The van der Waals surface area contributed by atoms with E-state index in [0.29, 0.717) is 25.7 Å². The van der Waals surface area contributed by atoms with Crippen LogP contribution in [0.3, 0.4) is 0 Å². The van der Waals surface area contributed by atoms with E-state index in [1.54, 1.807) is 6.08 Å². The Hall–Kier alpha value is -1.30. The number of ketones is 1. The molecule has 0 fully saturated rings. The average Bonchev–Trinajstić information content (AvgIpc) is 3.00. The van der Waals surface area contributed by atoms with Crippen LogP contribution in [0, 0.1) is 11.8 Å². The molecule has 1 N–H and O–H groups in total. The quantitative estimate of drug-likeness (QED) is 0.278. The van der Waals surface area contributed by atoms with Crippen molar-refractivity contribution in [1.82, 2.24) is 0 Å². The number of allylic oxidation sites excluding steroid dienone is 2. The number of rotatable bonds is 15. The summed E-state index contributed by atoms with van der Waals surface area (Å²) in [6.45, 7) is 5.50. The number of halogens is 2. The Kier molecular flexibility index (Phi) is 11.6. The molecule has 6 heteroatoms. The second-order valence-corrected chi connectivity index (χ2v) is 8.48. The van der Waals surface area contributed by atoms with Crippen LogP contribution in [0.4, 0.5) is 8.78 Å². The number of hydrogen-bond acceptors (Lipinski definition) is 4. The topological polar surface area (TPSA) is 63.6 Å². The zero-order valence-electron chi connectivity index (χ0n) is 18.2. The van der Waals surface area contributed by atoms with Crippen LogP contribution in [0.25, 0.3) is 0 Å². The van der Waals surface area contributed by atoms with Gasteiger partial charge in [0.1, 0.15) is 6.10 Å². The molecule has 0 radical (unpaired) electrons. The van der Waals surface area contributed by atoms with Gasteiger partial charge in [-0.25, -0.2) is 8.78 Å². The molecule has 0 bridgehead atoms. The molecule has 0 aromatic carbocycles. The summed E-state index contributed by atoms with van der Waals surface area (Å²) in [5.74, 6) is -3.42. The van der Waals surface area contributed by atoms with Crippen molar-refractivity contribution in [3.63, 3.8) is 0 Å². The fourth-order valence-corrected chi connectivity index (χ4v) is 3.79. The third-order valence-corrected chi connectivity index (χ3v) is 5.53. The molecule has 1 unspecified atom stereocenters. The summed E-state index contributed by atoms with van der Waals surface area (Å²) in [4.78, 5) is 23.6. The van der Waals surface area contributed by atoms with Crippen molar-refractivity contribution in [2.24, 2.45) is 11.8 Å². The summed E-state index contributed by atoms with van der Waals surface area (Å²) in [5.41, 5.74) is 0. The van der Waals surface area contributed by atoms with Gasteiger partial charge in [0.2, 0.25) is 0 Å². The molecule has 1 aliphatic rings. The molecule has 0 aromatic rings. The van der Waals surface area contributed by atoms with E-state index in [1.807, 2.05) is 26.8 Å². The Morgan fingerprint density at radius 2 is 1.86 bits per heavy atom. The van der Waals surface area contributed by atoms with Crippen LogP contribution >= 0.6 is 0 Å².